The number of nitrogens with zero attached hydrogens (tertiary/aromatic N) is 1. The van der Waals surface area contributed by atoms with Gasteiger partial charge in [-0.1, -0.05) is 16.8 Å². The molecule has 2 aromatic rings. The van der Waals surface area contributed by atoms with Crippen LogP contribution in [0, 0.1) is 0 Å². The summed E-state index contributed by atoms with van der Waals surface area (Å²) < 4.78 is 15.9. The van der Waals surface area contributed by atoms with E-state index in [4.69, 9.17) is 25.6 Å². The zero-order valence-corrected chi connectivity index (χ0v) is 19.1. The number of amides is 3. The van der Waals surface area contributed by atoms with Crippen LogP contribution in [-0.2, 0) is 16.0 Å². The highest BCUT2D eigenvalue weighted by Crippen LogP contribution is 2.25. The van der Waals surface area contributed by atoms with E-state index in [9.17, 15) is 14.4 Å². The number of methoxy groups -OCH3 is 1. The molecule has 0 saturated heterocycles. The van der Waals surface area contributed by atoms with E-state index in [0.717, 1.165) is 0 Å². The number of carbonyl (C=O) groups is 3. The first-order valence-corrected chi connectivity index (χ1v) is 11.1. The molecule has 0 unspecified atom stereocenters. The lowest BCUT2D eigenvalue weighted by molar-refractivity contribution is -0.129. The Morgan fingerprint density at radius 3 is 2.85 bits per heavy atom. The van der Waals surface area contributed by atoms with Crippen LogP contribution in [0.2, 0.25) is 5.15 Å². The van der Waals surface area contributed by atoms with Gasteiger partial charge in [0.2, 0.25) is 11.8 Å². The summed E-state index contributed by atoms with van der Waals surface area (Å²) in [6.07, 6.45) is 2.18. The number of carbonyl (C=O) groups excluding carboxylic acids is 3. The highest BCUT2D eigenvalue weighted by atomic mass is 35.5. The van der Waals surface area contributed by atoms with Crippen LogP contribution in [0.3, 0.4) is 0 Å². The number of ether oxygens (including phenoxy) is 2. The third kappa shape index (κ3) is 7.38. The van der Waals surface area contributed by atoms with Gasteiger partial charge in [0.05, 0.1) is 19.2 Å². The average Bonchev–Trinajstić information content (AvgIpc) is 3.23. The molecule has 1 aromatic heterocycles. The second-order valence-electron chi connectivity index (χ2n) is 7.49. The van der Waals surface area contributed by atoms with Crippen LogP contribution >= 0.6 is 11.6 Å². The summed E-state index contributed by atoms with van der Waals surface area (Å²) in [5, 5.41) is 12.2. The normalized spacial score (nSPS) is 17.6. The Hall–Kier alpha value is -3.27. The monoisotopic (exact) mass is 478 g/mol. The van der Waals surface area contributed by atoms with E-state index >= 15 is 0 Å². The Labute approximate surface area is 196 Å². The number of aryl methyl sites for hydroxylation is 1. The van der Waals surface area contributed by atoms with E-state index in [1.54, 1.807) is 24.3 Å². The lowest BCUT2D eigenvalue weighted by Crippen LogP contribution is -2.47. The molecule has 1 aliphatic heterocycles. The molecule has 3 N–H and O–H groups in total. The molecule has 0 radical (unpaired) electrons. The maximum atomic E-state index is 12.7. The molecule has 2 heterocycles. The first-order chi connectivity index (χ1) is 16.0. The van der Waals surface area contributed by atoms with Crippen molar-refractivity contribution in [3.8, 4) is 11.5 Å². The van der Waals surface area contributed by atoms with Gasteiger partial charge < -0.3 is 29.9 Å². The van der Waals surface area contributed by atoms with Gasteiger partial charge >= 0.3 is 0 Å². The summed E-state index contributed by atoms with van der Waals surface area (Å²) >= 11 is 5.71. The van der Waals surface area contributed by atoms with E-state index < -0.39 is 6.04 Å². The molecule has 11 heteroatoms. The zero-order chi connectivity index (χ0) is 23.6. The molecule has 33 heavy (non-hydrogen) atoms. The van der Waals surface area contributed by atoms with Crippen molar-refractivity contribution in [2.45, 2.75) is 38.1 Å². The number of hydrogen-bond acceptors (Lipinski definition) is 7. The molecule has 178 valence electrons. The Morgan fingerprint density at radius 2 is 2.09 bits per heavy atom. The Bertz CT molecular complexity index is 980. The van der Waals surface area contributed by atoms with Crippen molar-refractivity contribution in [1.29, 1.82) is 0 Å². The van der Waals surface area contributed by atoms with Crippen LogP contribution in [0.5, 0.6) is 11.5 Å². The van der Waals surface area contributed by atoms with Gasteiger partial charge in [0.15, 0.2) is 5.15 Å². The minimum atomic E-state index is -0.693. The topological polar surface area (TPSA) is 132 Å². The summed E-state index contributed by atoms with van der Waals surface area (Å²) in [6.45, 7) is 0.783. The highest BCUT2D eigenvalue weighted by molar-refractivity contribution is 6.29. The largest absolute Gasteiger partial charge is 0.497 e. The quantitative estimate of drug-likeness (QED) is 0.597. The van der Waals surface area contributed by atoms with Crippen LogP contribution in [-0.4, -0.2) is 55.7 Å². The van der Waals surface area contributed by atoms with Crippen LogP contribution in [0.25, 0.3) is 0 Å². The molecule has 0 saturated carbocycles. The molecule has 0 spiro atoms. The molecule has 1 aromatic carbocycles. The molecular weight excluding hydrogens is 452 g/mol. The van der Waals surface area contributed by atoms with Gasteiger partial charge in [-0.15, -0.1) is 0 Å². The van der Waals surface area contributed by atoms with Crippen molar-refractivity contribution in [1.82, 2.24) is 21.1 Å². The van der Waals surface area contributed by atoms with Gasteiger partial charge in [-0.3, -0.25) is 14.4 Å². The first kappa shape index (κ1) is 24.4. The number of hydrogen-bond donors (Lipinski definition) is 3. The zero-order valence-electron chi connectivity index (χ0n) is 18.3. The molecular formula is C22H27ClN4O6. The van der Waals surface area contributed by atoms with Crippen LogP contribution in [0.15, 0.2) is 28.8 Å². The van der Waals surface area contributed by atoms with Gasteiger partial charge in [-0.05, 0) is 31.4 Å². The summed E-state index contributed by atoms with van der Waals surface area (Å²) in [6, 6.07) is 5.82. The summed E-state index contributed by atoms with van der Waals surface area (Å²) in [4.78, 5) is 37.6. The van der Waals surface area contributed by atoms with Gasteiger partial charge in [-0.2, -0.15) is 0 Å². The van der Waals surface area contributed by atoms with E-state index in [-0.39, 0.29) is 42.4 Å². The lowest BCUT2D eigenvalue weighted by Gasteiger charge is -2.20. The van der Waals surface area contributed by atoms with E-state index in [0.29, 0.717) is 55.1 Å². The number of rotatable bonds is 5. The number of nitrogens with one attached hydrogen (secondary N) is 3. The SMILES string of the molecule is COc1ccc2c(c1)OCCNC(=O)[C@@H](NC(=O)CCc1cc(Cl)no1)CCCCNC2=O. The number of fused-ring (bicyclic) bond motifs is 1. The van der Waals surface area contributed by atoms with E-state index in [1.807, 2.05) is 0 Å². The van der Waals surface area contributed by atoms with Crippen molar-refractivity contribution in [2.75, 3.05) is 26.8 Å². The van der Waals surface area contributed by atoms with Gasteiger partial charge in [0.25, 0.3) is 5.91 Å². The fourth-order valence-electron chi connectivity index (χ4n) is 3.34. The Kier molecular flexibility index (Phi) is 8.94. The standard InChI is InChI=1S/C22H27ClN4O6/c1-31-14-5-7-16-18(12-14)32-11-10-25-22(30)17(4-2-3-9-24-21(16)29)26-20(28)8-6-15-13-19(23)27-33-15/h5,7,12-13,17H,2-4,6,8-11H2,1H3,(H,24,29)(H,25,30)(H,26,28)/t17-/m0/s1. The molecule has 3 amide bonds. The summed E-state index contributed by atoms with van der Waals surface area (Å²) in [5.41, 5.74) is 0.400. The van der Waals surface area contributed by atoms with Crippen molar-refractivity contribution in [3.05, 3.63) is 40.7 Å². The first-order valence-electron chi connectivity index (χ1n) is 10.7. The predicted octanol–water partition coefficient (Wildman–Crippen LogP) is 1.86. The number of aromatic nitrogens is 1. The van der Waals surface area contributed by atoms with Gasteiger partial charge in [-0.25, -0.2) is 0 Å². The van der Waals surface area contributed by atoms with Crippen LogP contribution in [0.1, 0.15) is 41.8 Å². The van der Waals surface area contributed by atoms with E-state index in [2.05, 4.69) is 21.1 Å². The maximum absolute atomic E-state index is 12.7. The maximum Gasteiger partial charge on any atom is 0.255 e. The number of benzene rings is 1. The molecule has 1 aliphatic rings. The molecule has 0 bridgehead atoms. The summed E-state index contributed by atoms with van der Waals surface area (Å²) in [5.74, 6) is 0.607. The lowest BCUT2D eigenvalue weighted by atomic mass is 10.1. The van der Waals surface area contributed by atoms with Crippen LogP contribution < -0.4 is 25.4 Å². The molecule has 10 nitrogen and oxygen atoms in total. The van der Waals surface area contributed by atoms with Crippen molar-refractivity contribution >= 4 is 29.3 Å². The Balaban J connectivity index is 1.59. The third-order valence-electron chi connectivity index (χ3n) is 5.08. The third-order valence-corrected chi connectivity index (χ3v) is 5.26. The second-order valence-corrected chi connectivity index (χ2v) is 7.88. The fourth-order valence-corrected chi connectivity index (χ4v) is 3.50. The average molecular weight is 479 g/mol. The van der Waals surface area contributed by atoms with Crippen molar-refractivity contribution < 1.29 is 28.4 Å². The smallest absolute Gasteiger partial charge is 0.255 e. The molecule has 1 atom stereocenters. The second kappa shape index (κ2) is 12.1. The Morgan fingerprint density at radius 1 is 1.24 bits per heavy atom. The highest BCUT2D eigenvalue weighted by Gasteiger charge is 2.21. The molecule has 3 rings (SSSR count). The minimum absolute atomic E-state index is 0.132. The van der Waals surface area contributed by atoms with Gasteiger partial charge in [0.1, 0.15) is 29.9 Å². The minimum Gasteiger partial charge on any atom is -0.497 e. The van der Waals surface area contributed by atoms with Gasteiger partial charge in [0, 0.05) is 31.5 Å². The van der Waals surface area contributed by atoms with Crippen LogP contribution in [0.4, 0.5) is 0 Å². The van der Waals surface area contributed by atoms with Crippen molar-refractivity contribution in [2.24, 2.45) is 0 Å². The number of halogens is 1. The summed E-state index contributed by atoms with van der Waals surface area (Å²) in [7, 11) is 1.53. The van der Waals surface area contributed by atoms with E-state index in [1.165, 1.54) is 7.11 Å². The molecule has 0 aliphatic carbocycles. The van der Waals surface area contributed by atoms with Crippen molar-refractivity contribution in [3.63, 3.8) is 0 Å². The molecule has 0 fully saturated rings. The fraction of sp³-hybridized carbons (Fsp3) is 0.455. The predicted molar refractivity (Wildman–Crippen MR) is 119 cm³/mol.